The first-order valence-corrected chi connectivity index (χ1v) is 9.41. The number of aryl methyl sites for hydroxylation is 1. The quantitative estimate of drug-likeness (QED) is 0.726. The second-order valence-corrected chi connectivity index (χ2v) is 7.04. The third-order valence-electron chi connectivity index (χ3n) is 5.13. The highest BCUT2D eigenvalue weighted by Crippen LogP contribution is 2.19. The summed E-state index contributed by atoms with van der Waals surface area (Å²) in [6.07, 6.45) is 7.27. The van der Waals surface area contributed by atoms with Gasteiger partial charge in [0.25, 0.3) is 11.5 Å². The van der Waals surface area contributed by atoms with Gasteiger partial charge in [0.05, 0.1) is 11.4 Å². The van der Waals surface area contributed by atoms with Crippen LogP contribution in [0.1, 0.15) is 42.6 Å². The predicted molar refractivity (Wildman–Crippen MR) is 104 cm³/mol. The molecule has 8 nitrogen and oxygen atoms in total. The van der Waals surface area contributed by atoms with Crippen LogP contribution in [0.15, 0.2) is 51.1 Å². The van der Waals surface area contributed by atoms with Crippen molar-refractivity contribution in [3.63, 3.8) is 0 Å². The molecular weight excluding hydrogens is 358 g/mol. The number of rotatable bonds is 2. The van der Waals surface area contributed by atoms with Crippen molar-refractivity contribution in [3.05, 3.63) is 68.5 Å². The van der Waals surface area contributed by atoms with Crippen molar-refractivity contribution >= 4 is 16.9 Å². The summed E-state index contributed by atoms with van der Waals surface area (Å²) >= 11 is 0. The molecule has 3 aromatic rings. The van der Waals surface area contributed by atoms with Gasteiger partial charge in [0.1, 0.15) is 16.8 Å². The Morgan fingerprint density at radius 3 is 2.71 bits per heavy atom. The topological polar surface area (TPSA) is 102 Å². The second-order valence-electron chi connectivity index (χ2n) is 7.04. The highest BCUT2D eigenvalue weighted by molar-refractivity contribution is 5.95. The van der Waals surface area contributed by atoms with Gasteiger partial charge in [-0.15, -0.1) is 0 Å². The van der Waals surface area contributed by atoms with E-state index in [-0.39, 0.29) is 28.7 Å². The van der Waals surface area contributed by atoms with Gasteiger partial charge in [-0.2, -0.15) is 0 Å². The summed E-state index contributed by atoms with van der Waals surface area (Å²) in [5.41, 5.74) is -0.202. The molecule has 3 aromatic heterocycles. The van der Waals surface area contributed by atoms with Crippen LogP contribution in [0.5, 0.6) is 0 Å². The van der Waals surface area contributed by atoms with E-state index in [0.717, 1.165) is 25.7 Å². The molecule has 0 unspecified atom stereocenters. The first kappa shape index (κ1) is 18.1. The van der Waals surface area contributed by atoms with E-state index in [2.05, 4.69) is 9.97 Å². The molecule has 1 saturated carbocycles. The van der Waals surface area contributed by atoms with Crippen LogP contribution in [0.4, 0.5) is 0 Å². The minimum atomic E-state index is -0.574. The zero-order chi connectivity index (χ0) is 19.7. The number of carbonyl (C=O) groups excluding carboxylic acids is 1. The average Bonchev–Trinajstić information content (AvgIpc) is 2.72. The van der Waals surface area contributed by atoms with E-state index in [9.17, 15) is 14.4 Å². The molecule has 0 aliphatic heterocycles. The van der Waals surface area contributed by atoms with Crippen LogP contribution in [0.2, 0.25) is 0 Å². The molecular formula is C20H21N5O3. The Labute approximate surface area is 160 Å². The summed E-state index contributed by atoms with van der Waals surface area (Å²) in [6.45, 7) is 0. The van der Waals surface area contributed by atoms with E-state index in [4.69, 9.17) is 4.99 Å². The SMILES string of the molecule is Cn1c(=O)[nH]c(=O)c2ccc(C(=O)n3ccccc3=NC3CCCCC3)nc21. The third kappa shape index (κ3) is 3.33. The molecule has 1 fully saturated rings. The van der Waals surface area contributed by atoms with Crippen molar-refractivity contribution in [1.29, 1.82) is 0 Å². The predicted octanol–water partition coefficient (Wildman–Crippen LogP) is 1.35. The number of fused-ring (bicyclic) bond motifs is 1. The molecule has 1 aliphatic carbocycles. The van der Waals surface area contributed by atoms with Gasteiger partial charge in [0.15, 0.2) is 0 Å². The zero-order valence-corrected chi connectivity index (χ0v) is 15.6. The molecule has 144 valence electrons. The molecule has 8 heteroatoms. The van der Waals surface area contributed by atoms with Crippen LogP contribution in [0.3, 0.4) is 0 Å². The standard InChI is InChI=1S/C20H21N5O3/c1-24-17-14(18(26)23-20(24)28)10-11-15(22-17)19(27)25-12-6-5-9-16(25)21-13-7-3-2-4-8-13/h5-6,9-13H,2-4,7-8H2,1H3,(H,23,26,28). The van der Waals surface area contributed by atoms with Crippen molar-refractivity contribution in [3.8, 4) is 0 Å². The lowest BCUT2D eigenvalue weighted by atomic mass is 9.96. The molecule has 1 N–H and O–H groups in total. The van der Waals surface area contributed by atoms with Crippen LogP contribution in [-0.4, -0.2) is 31.1 Å². The lowest BCUT2D eigenvalue weighted by Gasteiger charge is -2.17. The molecule has 0 radical (unpaired) electrons. The molecule has 0 saturated heterocycles. The van der Waals surface area contributed by atoms with Gasteiger partial charge in [-0.25, -0.2) is 9.78 Å². The summed E-state index contributed by atoms with van der Waals surface area (Å²) < 4.78 is 2.69. The highest BCUT2D eigenvalue weighted by atomic mass is 16.2. The van der Waals surface area contributed by atoms with E-state index in [1.54, 1.807) is 12.3 Å². The Kier molecular flexibility index (Phi) is 4.77. The van der Waals surface area contributed by atoms with Crippen LogP contribution in [0.25, 0.3) is 11.0 Å². The van der Waals surface area contributed by atoms with E-state index < -0.39 is 11.2 Å². The molecule has 1 aliphatic rings. The molecule has 4 rings (SSSR count). The van der Waals surface area contributed by atoms with Gasteiger partial charge >= 0.3 is 5.69 Å². The van der Waals surface area contributed by atoms with Crippen molar-refractivity contribution in [2.75, 3.05) is 0 Å². The number of hydrogen-bond donors (Lipinski definition) is 1. The number of carbonyl (C=O) groups is 1. The van der Waals surface area contributed by atoms with E-state index in [1.807, 2.05) is 12.1 Å². The number of H-pyrrole nitrogens is 1. The number of aromatic nitrogens is 4. The lowest BCUT2D eigenvalue weighted by Crippen LogP contribution is -2.31. The van der Waals surface area contributed by atoms with Crippen LogP contribution in [-0.2, 0) is 7.05 Å². The maximum atomic E-state index is 13.1. The third-order valence-corrected chi connectivity index (χ3v) is 5.13. The normalized spacial score (nSPS) is 15.8. The Bertz CT molecular complexity index is 1230. The summed E-state index contributed by atoms with van der Waals surface area (Å²) in [4.78, 5) is 48.2. The lowest BCUT2D eigenvalue weighted by molar-refractivity contribution is 0.0949. The first-order valence-electron chi connectivity index (χ1n) is 9.41. The van der Waals surface area contributed by atoms with Gasteiger partial charge in [-0.1, -0.05) is 25.3 Å². The minimum absolute atomic E-state index is 0.143. The number of pyridine rings is 2. The Hall–Kier alpha value is -3.29. The van der Waals surface area contributed by atoms with Gasteiger partial charge < -0.3 is 0 Å². The average molecular weight is 379 g/mol. The summed E-state index contributed by atoms with van der Waals surface area (Å²) in [6, 6.07) is 8.65. The van der Waals surface area contributed by atoms with Crippen LogP contribution >= 0.6 is 0 Å². The number of aromatic amines is 1. The molecule has 0 amide bonds. The molecule has 0 spiro atoms. The zero-order valence-electron chi connectivity index (χ0n) is 15.6. The molecule has 3 heterocycles. The number of nitrogens with one attached hydrogen (secondary N) is 1. The highest BCUT2D eigenvalue weighted by Gasteiger charge is 2.16. The molecule has 28 heavy (non-hydrogen) atoms. The minimum Gasteiger partial charge on any atom is -0.281 e. The Morgan fingerprint density at radius 2 is 1.93 bits per heavy atom. The van der Waals surface area contributed by atoms with E-state index in [0.29, 0.717) is 5.49 Å². The molecule has 0 bridgehead atoms. The number of hydrogen-bond acceptors (Lipinski definition) is 5. The van der Waals surface area contributed by atoms with Gasteiger partial charge in [0, 0.05) is 13.2 Å². The first-order chi connectivity index (χ1) is 13.5. The summed E-state index contributed by atoms with van der Waals surface area (Å²) in [5.74, 6) is -0.357. The van der Waals surface area contributed by atoms with Gasteiger partial charge in [0.2, 0.25) is 0 Å². The van der Waals surface area contributed by atoms with E-state index >= 15 is 0 Å². The maximum absolute atomic E-state index is 13.1. The van der Waals surface area contributed by atoms with Crippen LogP contribution in [0, 0.1) is 0 Å². The Balaban J connectivity index is 1.80. The maximum Gasteiger partial charge on any atom is 0.329 e. The monoisotopic (exact) mass is 379 g/mol. The largest absolute Gasteiger partial charge is 0.329 e. The van der Waals surface area contributed by atoms with Crippen molar-refractivity contribution in [1.82, 2.24) is 19.1 Å². The number of nitrogens with zero attached hydrogens (tertiary/aromatic N) is 4. The van der Waals surface area contributed by atoms with Crippen LogP contribution < -0.4 is 16.7 Å². The summed E-state index contributed by atoms with van der Waals surface area (Å²) in [7, 11) is 1.50. The van der Waals surface area contributed by atoms with Gasteiger partial charge in [-0.3, -0.25) is 28.7 Å². The summed E-state index contributed by atoms with van der Waals surface area (Å²) in [5, 5.41) is 0.254. The van der Waals surface area contributed by atoms with Crippen molar-refractivity contribution < 1.29 is 4.79 Å². The van der Waals surface area contributed by atoms with Gasteiger partial charge in [-0.05, 0) is 37.1 Å². The fourth-order valence-corrected chi connectivity index (χ4v) is 3.58. The smallest absolute Gasteiger partial charge is 0.281 e. The molecule has 0 atom stereocenters. The fraction of sp³-hybridized carbons (Fsp3) is 0.350. The molecule has 0 aromatic carbocycles. The fourth-order valence-electron chi connectivity index (χ4n) is 3.58. The van der Waals surface area contributed by atoms with Crippen molar-refractivity contribution in [2.24, 2.45) is 12.0 Å². The van der Waals surface area contributed by atoms with Crippen molar-refractivity contribution in [2.45, 2.75) is 38.1 Å². The Morgan fingerprint density at radius 1 is 1.14 bits per heavy atom. The van der Waals surface area contributed by atoms with E-state index in [1.165, 1.54) is 34.7 Å². The second kappa shape index (κ2) is 7.38.